The first-order valence-electron chi connectivity index (χ1n) is 11.2. The zero-order valence-corrected chi connectivity index (χ0v) is 20.5. The zero-order valence-electron chi connectivity index (χ0n) is 19.7. The van der Waals surface area contributed by atoms with Crippen LogP contribution in [0.15, 0.2) is 88.8 Å². The summed E-state index contributed by atoms with van der Waals surface area (Å²) in [7, 11) is 3.20. The number of thioether (sulfide) groups is 1. The molecular formula is C27H27N3O4S. The van der Waals surface area contributed by atoms with E-state index < -0.39 is 0 Å². The Kier molecular flexibility index (Phi) is 8.18. The molecular weight excluding hydrogens is 462 g/mol. The highest BCUT2D eigenvalue weighted by molar-refractivity contribution is 7.99. The summed E-state index contributed by atoms with van der Waals surface area (Å²) in [4.78, 5) is 33.2. The molecule has 4 rings (SSSR count). The Morgan fingerprint density at radius 3 is 2.54 bits per heavy atom. The molecule has 1 amide bonds. The van der Waals surface area contributed by atoms with Gasteiger partial charge < -0.3 is 14.4 Å². The van der Waals surface area contributed by atoms with Gasteiger partial charge in [-0.15, -0.1) is 0 Å². The standard InChI is InChI=1S/C27H27N3O4S/c1-33-16-15-29(18-20-9-4-3-5-10-20)25(31)19-35-27-28-24-14-7-6-13-23(24)26(32)30(27)21-11-8-12-22(17-21)34-2/h3-14,17H,15-16,18-19H2,1-2H3. The Labute approximate surface area is 208 Å². The van der Waals surface area contributed by atoms with Gasteiger partial charge in [0.25, 0.3) is 5.56 Å². The van der Waals surface area contributed by atoms with Crippen LogP contribution in [0.5, 0.6) is 5.75 Å². The van der Waals surface area contributed by atoms with Crippen LogP contribution in [0.2, 0.25) is 0 Å². The van der Waals surface area contributed by atoms with Crippen LogP contribution in [0.4, 0.5) is 0 Å². The van der Waals surface area contributed by atoms with Crippen molar-refractivity contribution in [1.82, 2.24) is 14.5 Å². The molecule has 1 heterocycles. The molecule has 0 atom stereocenters. The third-order valence-corrected chi connectivity index (χ3v) is 6.44. The molecule has 0 saturated carbocycles. The second-order valence-electron chi connectivity index (χ2n) is 7.84. The molecule has 8 heteroatoms. The normalized spacial score (nSPS) is 10.9. The summed E-state index contributed by atoms with van der Waals surface area (Å²) in [6.07, 6.45) is 0. The van der Waals surface area contributed by atoms with Crippen molar-refractivity contribution in [3.8, 4) is 11.4 Å². The summed E-state index contributed by atoms with van der Waals surface area (Å²) < 4.78 is 12.1. The maximum Gasteiger partial charge on any atom is 0.266 e. The molecule has 0 N–H and O–H groups in total. The van der Waals surface area contributed by atoms with Gasteiger partial charge in [0, 0.05) is 26.3 Å². The molecule has 0 aliphatic rings. The van der Waals surface area contributed by atoms with E-state index in [0.717, 1.165) is 5.56 Å². The molecule has 0 bridgehead atoms. The molecule has 0 unspecified atom stereocenters. The van der Waals surface area contributed by atoms with Crippen molar-refractivity contribution in [2.75, 3.05) is 33.1 Å². The summed E-state index contributed by atoms with van der Waals surface area (Å²) in [5.41, 5.74) is 2.06. The fourth-order valence-electron chi connectivity index (χ4n) is 3.70. The van der Waals surface area contributed by atoms with Gasteiger partial charge in [-0.2, -0.15) is 0 Å². The van der Waals surface area contributed by atoms with E-state index in [2.05, 4.69) is 0 Å². The molecule has 3 aromatic carbocycles. The number of aromatic nitrogens is 2. The number of methoxy groups -OCH3 is 2. The largest absolute Gasteiger partial charge is 0.497 e. The van der Waals surface area contributed by atoms with Crippen molar-refractivity contribution in [3.05, 3.63) is 94.8 Å². The van der Waals surface area contributed by atoms with E-state index in [1.807, 2.05) is 60.7 Å². The topological polar surface area (TPSA) is 73.7 Å². The molecule has 0 radical (unpaired) electrons. The van der Waals surface area contributed by atoms with Crippen molar-refractivity contribution in [1.29, 1.82) is 0 Å². The van der Waals surface area contributed by atoms with Crippen LogP contribution in [0.25, 0.3) is 16.6 Å². The second-order valence-corrected chi connectivity index (χ2v) is 8.78. The summed E-state index contributed by atoms with van der Waals surface area (Å²) in [6.45, 7) is 1.39. The lowest BCUT2D eigenvalue weighted by molar-refractivity contribution is -0.129. The predicted molar refractivity (Wildman–Crippen MR) is 138 cm³/mol. The number of para-hydroxylation sites is 1. The molecule has 0 spiro atoms. The first-order valence-corrected chi connectivity index (χ1v) is 12.2. The van der Waals surface area contributed by atoms with E-state index in [0.29, 0.717) is 47.2 Å². The van der Waals surface area contributed by atoms with Crippen molar-refractivity contribution < 1.29 is 14.3 Å². The number of carbonyl (C=O) groups is 1. The lowest BCUT2D eigenvalue weighted by Gasteiger charge is -2.23. The van der Waals surface area contributed by atoms with Gasteiger partial charge in [-0.1, -0.05) is 60.3 Å². The lowest BCUT2D eigenvalue weighted by Crippen LogP contribution is -2.35. The Morgan fingerprint density at radius 1 is 1.00 bits per heavy atom. The summed E-state index contributed by atoms with van der Waals surface area (Å²) >= 11 is 1.24. The van der Waals surface area contributed by atoms with Gasteiger partial charge in [0.1, 0.15) is 5.75 Å². The number of rotatable bonds is 10. The van der Waals surface area contributed by atoms with Crippen molar-refractivity contribution in [2.24, 2.45) is 0 Å². The summed E-state index contributed by atoms with van der Waals surface area (Å²) in [5.74, 6) is 0.698. The minimum absolute atomic E-state index is 0.0597. The number of ether oxygens (including phenoxy) is 2. The highest BCUT2D eigenvalue weighted by atomic mass is 32.2. The van der Waals surface area contributed by atoms with E-state index in [1.54, 1.807) is 41.9 Å². The van der Waals surface area contributed by atoms with Crippen LogP contribution in [0.1, 0.15) is 5.56 Å². The van der Waals surface area contributed by atoms with Crippen LogP contribution >= 0.6 is 11.8 Å². The van der Waals surface area contributed by atoms with Crippen LogP contribution in [-0.4, -0.2) is 53.5 Å². The van der Waals surface area contributed by atoms with E-state index in [-0.39, 0.29) is 17.2 Å². The number of hydrogen-bond donors (Lipinski definition) is 0. The summed E-state index contributed by atoms with van der Waals surface area (Å²) in [6, 6.07) is 24.3. The minimum Gasteiger partial charge on any atom is -0.497 e. The quantitative estimate of drug-likeness (QED) is 0.246. The van der Waals surface area contributed by atoms with E-state index in [1.165, 1.54) is 11.8 Å². The van der Waals surface area contributed by atoms with Gasteiger partial charge in [-0.25, -0.2) is 4.98 Å². The number of carbonyl (C=O) groups excluding carboxylic acids is 1. The SMILES string of the molecule is COCCN(Cc1ccccc1)C(=O)CSc1nc2ccccc2c(=O)n1-c1cccc(OC)c1. The Morgan fingerprint density at radius 2 is 1.77 bits per heavy atom. The lowest BCUT2D eigenvalue weighted by atomic mass is 10.2. The fraction of sp³-hybridized carbons (Fsp3) is 0.222. The molecule has 7 nitrogen and oxygen atoms in total. The maximum atomic E-state index is 13.5. The van der Waals surface area contributed by atoms with Gasteiger partial charge in [-0.3, -0.25) is 14.2 Å². The number of amides is 1. The first kappa shape index (κ1) is 24.5. The minimum atomic E-state index is -0.195. The van der Waals surface area contributed by atoms with Gasteiger partial charge in [-0.05, 0) is 29.8 Å². The molecule has 0 fully saturated rings. The molecule has 0 aliphatic heterocycles. The monoisotopic (exact) mass is 489 g/mol. The first-order chi connectivity index (χ1) is 17.1. The van der Waals surface area contributed by atoms with Crippen LogP contribution in [-0.2, 0) is 16.1 Å². The number of hydrogen-bond acceptors (Lipinski definition) is 6. The molecule has 0 aliphatic carbocycles. The third-order valence-electron chi connectivity index (χ3n) is 5.52. The zero-order chi connectivity index (χ0) is 24.6. The highest BCUT2D eigenvalue weighted by Crippen LogP contribution is 2.24. The van der Waals surface area contributed by atoms with E-state index >= 15 is 0 Å². The van der Waals surface area contributed by atoms with E-state index in [9.17, 15) is 9.59 Å². The van der Waals surface area contributed by atoms with Crippen molar-refractivity contribution in [3.63, 3.8) is 0 Å². The van der Waals surface area contributed by atoms with E-state index in [4.69, 9.17) is 14.5 Å². The van der Waals surface area contributed by atoms with Gasteiger partial charge in [0.05, 0.1) is 36.1 Å². The maximum absolute atomic E-state index is 13.5. The van der Waals surface area contributed by atoms with Crippen molar-refractivity contribution in [2.45, 2.75) is 11.7 Å². The Hall–Kier alpha value is -3.62. The smallest absolute Gasteiger partial charge is 0.266 e. The highest BCUT2D eigenvalue weighted by Gasteiger charge is 2.18. The molecule has 0 saturated heterocycles. The predicted octanol–water partition coefficient (Wildman–Crippen LogP) is 4.16. The fourth-order valence-corrected chi connectivity index (χ4v) is 4.62. The Bertz CT molecular complexity index is 1360. The Balaban J connectivity index is 1.65. The average Bonchev–Trinajstić information content (AvgIpc) is 2.90. The molecule has 1 aromatic heterocycles. The summed E-state index contributed by atoms with van der Waals surface area (Å²) in [5, 5.41) is 0.957. The van der Waals surface area contributed by atoms with Crippen molar-refractivity contribution >= 4 is 28.6 Å². The number of nitrogens with zero attached hydrogens (tertiary/aromatic N) is 3. The third kappa shape index (κ3) is 5.90. The number of fused-ring (bicyclic) bond motifs is 1. The van der Waals surface area contributed by atoms with Gasteiger partial charge >= 0.3 is 0 Å². The van der Waals surface area contributed by atoms with Crippen LogP contribution in [0.3, 0.4) is 0 Å². The molecule has 4 aromatic rings. The van der Waals surface area contributed by atoms with Crippen LogP contribution < -0.4 is 10.3 Å². The molecule has 35 heavy (non-hydrogen) atoms. The van der Waals surface area contributed by atoms with Gasteiger partial charge in [0.15, 0.2) is 5.16 Å². The second kappa shape index (κ2) is 11.7. The number of benzene rings is 3. The van der Waals surface area contributed by atoms with Gasteiger partial charge in [0.2, 0.25) is 5.91 Å². The van der Waals surface area contributed by atoms with Crippen LogP contribution in [0, 0.1) is 0 Å². The average molecular weight is 490 g/mol. The molecule has 180 valence electrons.